The Balaban J connectivity index is -0.000000101. The molecule has 0 aliphatic carbocycles. The lowest BCUT2D eigenvalue weighted by Crippen LogP contribution is -1.67. The smallest absolute Gasteiger partial charge is 0.00272 e. The highest BCUT2D eigenvalue weighted by molar-refractivity contribution is 5.75. The van der Waals surface area contributed by atoms with Gasteiger partial charge in [-0.15, -0.1) is 0 Å². The fraction of sp³-hybridized carbons (Fsp3) is 0.667. The summed E-state index contributed by atoms with van der Waals surface area (Å²) in [6.07, 6.45) is 0. The molecule has 3 N–H and O–H groups in total. The lowest BCUT2D eigenvalue weighted by Gasteiger charge is -1.63. The molecule has 3 heteroatoms. The number of hydrogen-bond acceptors (Lipinski definition) is 3. The van der Waals surface area contributed by atoms with Crippen molar-refractivity contribution in [1.82, 2.24) is 0 Å². The van der Waals surface area contributed by atoms with E-state index < -0.39 is 0 Å². The van der Waals surface area contributed by atoms with Crippen LogP contribution in [0.3, 0.4) is 0 Å². The van der Waals surface area contributed by atoms with Gasteiger partial charge in [-0.05, 0) is 41.5 Å². The zero-order chi connectivity index (χ0) is 10.7. The second-order valence-corrected chi connectivity index (χ2v) is 3.00. The molecule has 0 aliphatic heterocycles. The van der Waals surface area contributed by atoms with Gasteiger partial charge in [0.25, 0.3) is 0 Å². The molecule has 0 heterocycles. The van der Waals surface area contributed by atoms with Gasteiger partial charge in [-0.3, -0.25) is 0 Å². The van der Waals surface area contributed by atoms with E-state index in [4.69, 9.17) is 16.2 Å². The van der Waals surface area contributed by atoms with Crippen molar-refractivity contribution in [3.63, 3.8) is 0 Å². The Morgan fingerprint density at radius 2 is 0.500 bits per heavy atom. The highest BCUT2D eigenvalue weighted by atomic mass is 14.4. The molecule has 0 spiro atoms. The Kier molecular flexibility index (Phi) is 18.1. The number of rotatable bonds is 0. The summed E-state index contributed by atoms with van der Waals surface area (Å²) in [6, 6.07) is 0. The predicted octanol–water partition coefficient (Wildman–Crippen LogP) is 3.14. The van der Waals surface area contributed by atoms with E-state index in [1.807, 2.05) is 0 Å². The number of hydrogen-bond donors (Lipinski definition) is 3. The van der Waals surface area contributed by atoms with Crippen LogP contribution in [0.4, 0.5) is 0 Å². The monoisotopic (exact) mass is 171 g/mol. The summed E-state index contributed by atoms with van der Waals surface area (Å²) in [5, 5.41) is 19.5. The minimum absolute atomic E-state index is 0.667. The maximum absolute atomic E-state index is 6.50. The van der Waals surface area contributed by atoms with Crippen LogP contribution < -0.4 is 0 Å². The minimum atomic E-state index is 0.667. The maximum Gasteiger partial charge on any atom is 0.00272 e. The summed E-state index contributed by atoms with van der Waals surface area (Å²) in [6.45, 7) is 10.5. The first-order valence-electron chi connectivity index (χ1n) is 3.75. The number of nitrogens with one attached hydrogen (secondary N) is 3. The van der Waals surface area contributed by atoms with Crippen molar-refractivity contribution in [3.8, 4) is 0 Å². The summed E-state index contributed by atoms with van der Waals surface area (Å²) in [5.74, 6) is 0. The largest absolute Gasteiger partial charge is 0.310 e. The molecular weight excluding hydrogens is 150 g/mol. The van der Waals surface area contributed by atoms with Gasteiger partial charge in [0, 0.05) is 17.1 Å². The summed E-state index contributed by atoms with van der Waals surface area (Å²) in [7, 11) is 0. The molecule has 0 unspecified atom stereocenters. The zero-order valence-electron chi connectivity index (χ0n) is 9.00. The van der Waals surface area contributed by atoms with Crippen LogP contribution in [-0.2, 0) is 0 Å². The third kappa shape index (κ3) is 590. The lowest BCUT2D eigenvalue weighted by atomic mass is 10.5. The second-order valence-electron chi connectivity index (χ2n) is 3.00. The van der Waals surface area contributed by atoms with Gasteiger partial charge in [0.15, 0.2) is 0 Å². The van der Waals surface area contributed by atoms with E-state index in [1.54, 1.807) is 41.5 Å². The van der Waals surface area contributed by atoms with Gasteiger partial charge in [0.2, 0.25) is 0 Å². The van der Waals surface area contributed by atoms with Crippen molar-refractivity contribution < 1.29 is 0 Å². The SMILES string of the molecule is CC(C)=N.CC(C)=N.CC(C)=N. The van der Waals surface area contributed by atoms with Crippen molar-refractivity contribution >= 4 is 17.1 Å². The first-order chi connectivity index (χ1) is 5.20. The van der Waals surface area contributed by atoms with E-state index in [2.05, 4.69) is 0 Å². The van der Waals surface area contributed by atoms with Crippen LogP contribution in [0, 0.1) is 16.2 Å². The molecule has 0 saturated heterocycles. The van der Waals surface area contributed by atoms with Gasteiger partial charge < -0.3 is 16.2 Å². The van der Waals surface area contributed by atoms with Crippen molar-refractivity contribution in [2.75, 3.05) is 0 Å². The van der Waals surface area contributed by atoms with Crippen LogP contribution in [0.2, 0.25) is 0 Å². The van der Waals surface area contributed by atoms with Crippen molar-refractivity contribution in [1.29, 1.82) is 16.2 Å². The van der Waals surface area contributed by atoms with Crippen LogP contribution >= 0.6 is 0 Å². The second kappa shape index (κ2) is 12.7. The summed E-state index contributed by atoms with van der Waals surface area (Å²) in [5.41, 5.74) is 2.00. The Morgan fingerprint density at radius 3 is 0.500 bits per heavy atom. The molecule has 0 aromatic carbocycles. The Hall–Kier alpha value is -0.990. The molecule has 0 atom stereocenters. The molecule has 0 bridgehead atoms. The van der Waals surface area contributed by atoms with Crippen LogP contribution in [-0.4, -0.2) is 17.1 Å². The topological polar surface area (TPSA) is 71.6 Å². The third-order valence-corrected chi connectivity index (χ3v) is 0. The van der Waals surface area contributed by atoms with E-state index in [9.17, 15) is 0 Å². The third-order valence-electron chi connectivity index (χ3n) is 0. The molecule has 0 aromatic heterocycles. The standard InChI is InChI=1S/3C3H7N/c3*1-3(2)4/h3*4H,1-2H3. The van der Waals surface area contributed by atoms with Crippen LogP contribution in [0.25, 0.3) is 0 Å². The fourth-order valence-electron chi connectivity index (χ4n) is 0. The van der Waals surface area contributed by atoms with Crippen molar-refractivity contribution in [2.45, 2.75) is 41.5 Å². The average molecular weight is 171 g/mol. The molecule has 0 rings (SSSR count). The van der Waals surface area contributed by atoms with Crippen molar-refractivity contribution in [3.05, 3.63) is 0 Å². The summed E-state index contributed by atoms with van der Waals surface area (Å²) in [4.78, 5) is 0. The van der Waals surface area contributed by atoms with Gasteiger partial charge in [0.1, 0.15) is 0 Å². The molecule has 0 radical (unpaired) electrons. The first-order valence-corrected chi connectivity index (χ1v) is 3.75. The van der Waals surface area contributed by atoms with Gasteiger partial charge >= 0.3 is 0 Å². The van der Waals surface area contributed by atoms with Crippen LogP contribution in [0.5, 0.6) is 0 Å². The highest BCUT2D eigenvalue weighted by Crippen LogP contribution is 1.53. The van der Waals surface area contributed by atoms with E-state index >= 15 is 0 Å². The van der Waals surface area contributed by atoms with Gasteiger partial charge in [-0.2, -0.15) is 0 Å². The quantitative estimate of drug-likeness (QED) is 0.469. The minimum Gasteiger partial charge on any atom is -0.310 e. The fourth-order valence-corrected chi connectivity index (χ4v) is 0. The maximum atomic E-state index is 6.50. The molecule has 0 aliphatic rings. The summed E-state index contributed by atoms with van der Waals surface area (Å²) < 4.78 is 0. The molecule has 0 fully saturated rings. The predicted molar refractivity (Wildman–Crippen MR) is 57.2 cm³/mol. The van der Waals surface area contributed by atoms with Crippen LogP contribution in [0.15, 0.2) is 0 Å². The van der Waals surface area contributed by atoms with E-state index in [0.29, 0.717) is 17.1 Å². The van der Waals surface area contributed by atoms with Gasteiger partial charge in [-0.25, -0.2) is 0 Å². The van der Waals surface area contributed by atoms with E-state index in [1.165, 1.54) is 0 Å². The van der Waals surface area contributed by atoms with E-state index in [0.717, 1.165) is 0 Å². The van der Waals surface area contributed by atoms with E-state index in [-0.39, 0.29) is 0 Å². The molecule has 0 amide bonds. The molecule has 3 nitrogen and oxygen atoms in total. The molecule has 0 saturated carbocycles. The molecular formula is C9H21N3. The molecule has 72 valence electrons. The summed E-state index contributed by atoms with van der Waals surface area (Å²) >= 11 is 0. The average Bonchev–Trinajstić information content (AvgIpc) is 1.54. The Morgan fingerprint density at radius 1 is 0.500 bits per heavy atom. The van der Waals surface area contributed by atoms with Crippen molar-refractivity contribution in [2.24, 2.45) is 0 Å². The highest BCUT2D eigenvalue weighted by Gasteiger charge is 1.55. The van der Waals surface area contributed by atoms with Gasteiger partial charge in [0.05, 0.1) is 0 Å². The zero-order valence-corrected chi connectivity index (χ0v) is 9.00. The van der Waals surface area contributed by atoms with Crippen LogP contribution in [0.1, 0.15) is 41.5 Å². The first kappa shape index (κ1) is 17.2. The molecule has 12 heavy (non-hydrogen) atoms. The van der Waals surface area contributed by atoms with Gasteiger partial charge in [-0.1, -0.05) is 0 Å². The lowest BCUT2D eigenvalue weighted by molar-refractivity contribution is 1.45. The Labute approximate surface area is 75.7 Å². The Bertz CT molecular complexity index is 107. The normalized spacial score (nSPS) is 6.50. The molecule has 0 aromatic rings.